The van der Waals surface area contributed by atoms with E-state index in [0.29, 0.717) is 17.4 Å². The number of halogens is 1. The van der Waals surface area contributed by atoms with E-state index in [1.807, 2.05) is 30.5 Å². The molecule has 22 heavy (non-hydrogen) atoms. The van der Waals surface area contributed by atoms with Crippen molar-refractivity contribution in [3.8, 4) is 5.75 Å². The highest BCUT2D eigenvalue weighted by atomic mass is 35.5. The minimum absolute atomic E-state index is 0.407. The molecule has 0 spiro atoms. The Morgan fingerprint density at radius 3 is 2.68 bits per heavy atom. The summed E-state index contributed by atoms with van der Waals surface area (Å²) in [6.07, 6.45) is 1.85. The quantitative estimate of drug-likeness (QED) is 0.684. The summed E-state index contributed by atoms with van der Waals surface area (Å²) in [6.45, 7) is 7.78. The molecule has 0 aliphatic rings. The van der Waals surface area contributed by atoms with Gasteiger partial charge in [0.15, 0.2) is 0 Å². The average Bonchev–Trinajstić information content (AvgIpc) is 2.78. The van der Waals surface area contributed by atoms with Crippen LogP contribution in [-0.4, -0.2) is 9.55 Å². The summed E-state index contributed by atoms with van der Waals surface area (Å²) < 4.78 is 8.17. The van der Waals surface area contributed by atoms with Crippen LogP contribution in [0.25, 0.3) is 10.9 Å². The normalized spacial score (nSPS) is 11.1. The third kappa shape index (κ3) is 2.46. The van der Waals surface area contributed by atoms with Gasteiger partial charge in [-0.1, -0.05) is 23.7 Å². The smallest absolute Gasteiger partial charge is 0.138 e. The first-order valence-corrected chi connectivity index (χ1v) is 7.82. The molecular formula is C18H19ClN2O. The van der Waals surface area contributed by atoms with Crippen LogP contribution in [0.3, 0.4) is 0 Å². The van der Waals surface area contributed by atoms with Crippen LogP contribution in [0.1, 0.15) is 23.9 Å². The summed E-state index contributed by atoms with van der Waals surface area (Å²) >= 11 is 6.15. The van der Waals surface area contributed by atoms with Gasteiger partial charge in [0.2, 0.25) is 0 Å². The Morgan fingerprint density at radius 2 is 1.95 bits per heavy atom. The van der Waals surface area contributed by atoms with E-state index in [2.05, 4.69) is 36.4 Å². The van der Waals surface area contributed by atoms with Crippen molar-refractivity contribution in [2.45, 2.75) is 33.9 Å². The number of pyridine rings is 1. The molecule has 2 aromatic heterocycles. The van der Waals surface area contributed by atoms with Crippen LogP contribution in [-0.2, 0) is 13.2 Å². The number of nitrogens with zero attached hydrogens (tertiary/aromatic N) is 2. The van der Waals surface area contributed by atoms with Crippen LogP contribution >= 0.6 is 11.6 Å². The van der Waals surface area contributed by atoms with E-state index >= 15 is 0 Å². The van der Waals surface area contributed by atoms with Crippen LogP contribution in [0.15, 0.2) is 36.5 Å². The van der Waals surface area contributed by atoms with Gasteiger partial charge >= 0.3 is 0 Å². The van der Waals surface area contributed by atoms with Gasteiger partial charge in [0, 0.05) is 23.8 Å². The van der Waals surface area contributed by atoms with Gasteiger partial charge in [-0.3, -0.25) is 4.98 Å². The van der Waals surface area contributed by atoms with Gasteiger partial charge in [-0.2, -0.15) is 0 Å². The van der Waals surface area contributed by atoms with Gasteiger partial charge < -0.3 is 9.30 Å². The fourth-order valence-electron chi connectivity index (χ4n) is 2.87. The number of fused-ring (bicyclic) bond motifs is 1. The van der Waals surface area contributed by atoms with E-state index < -0.39 is 0 Å². The van der Waals surface area contributed by atoms with Crippen LogP contribution in [0.2, 0.25) is 5.02 Å². The molecule has 1 aromatic carbocycles. The first-order valence-electron chi connectivity index (χ1n) is 7.44. The van der Waals surface area contributed by atoms with Crippen LogP contribution in [0.5, 0.6) is 5.75 Å². The third-order valence-electron chi connectivity index (χ3n) is 4.14. The zero-order valence-corrected chi connectivity index (χ0v) is 13.8. The highest BCUT2D eigenvalue weighted by molar-refractivity contribution is 6.32. The predicted octanol–water partition coefficient (Wildman–Crippen LogP) is 4.91. The number of rotatable bonds is 4. The van der Waals surface area contributed by atoms with E-state index in [1.165, 1.54) is 16.6 Å². The molecule has 0 aliphatic carbocycles. The molecule has 0 unspecified atom stereocenters. The molecule has 114 valence electrons. The lowest BCUT2D eigenvalue weighted by Crippen LogP contribution is -2.04. The third-order valence-corrected chi connectivity index (χ3v) is 4.45. The number of aryl methyl sites for hydroxylation is 2. The molecular weight excluding hydrogens is 296 g/mol. The maximum atomic E-state index is 6.15. The average molecular weight is 315 g/mol. The number of ether oxygens (including phenoxy) is 1. The molecule has 0 aliphatic heterocycles. The summed E-state index contributed by atoms with van der Waals surface area (Å²) in [5.41, 5.74) is 4.69. The molecule has 3 nitrogen and oxygen atoms in total. The molecule has 0 bridgehead atoms. The Kier molecular flexibility index (Phi) is 4.08. The molecule has 0 fully saturated rings. The van der Waals surface area contributed by atoms with Crippen molar-refractivity contribution in [3.05, 3.63) is 58.5 Å². The molecule has 4 heteroatoms. The van der Waals surface area contributed by atoms with Crippen molar-refractivity contribution in [2.24, 2.45) is 0 Å². The summed E-state index contributed by atoms with van der Waals surface area (Å²) in [7, 11) is 0. The fraction of sp³-hybridized carbons (Fsp3) is 0.278. The number of hydrogen-bond acceptors (Lipinski definition) is 2. The van der Waals surface area contributed by atoms with Crippen molar-refractivity contribution < 1.29 is 4.74 Å². The van der Waals surface area contributed by atoms with Gasteiger partial charge in [0.1, 0.15) is 18.1 Å². The molecule has 0 radical (unpaired) electrons. The van der Waals surface area contributed by atoms with E-state index in [4.69, 9.17) is 16.3 Å². The van der Waals surface area contributed by atoms with Crippen LogP contribution in [0.4, 0.5) is 0 Å². The Balaban J connectivity index is 2.01. The topological polar surface area (TPSA) is 27.1 Å². The number of para-hydroxylation sites is 1. The predicted molar refractivity (Wildman–Crippen MR) is 90.7 cm³/mol. The summed E-state index contributed by atoms with van der Waals surface area (Å²) in [5.74, 6) is 0.686. The molecule has 3 rings (SSSR count). The second-order valence-electron chi connectivity index (χ2n) is 5.33. The molecule has 2 heterocycles. The maximum absolute atomic E-state index is 6.15. The first kappa shape index (κ1) is 14.9. The zero-order valence-electron chi connectivity index (χ0n) is 13.1. The van der Waals surface area contributed by atoms with Gasteiger partial charge in [-0.05, 0) is 44.5 Å². The lowest BCUT2D eigenvalue weighted by atomic mass is 10.2. The highest BCUT2D eigenvalue weighted by Gasteiger charge is 2.14. The lowest BCUT2D eigenvalue weighted by Gasteiger charge is -2.11. The van der Waals surface area contributed by atoms with E-state index in [1.54, 1.807) is 0 Å². The Hall–Kier alpha value is -2.00. The second kappa shape index (κ2) is 6.01. The minimum atomic E-state index is 0.407. The summed E-state index contributed by atoms with van der Waals surface area (Å²) in [6, 6.07) is 9.58. The van der Waals surface area contributed by atoms with Crippen molar-refractivity contribution >= 4 is 22.5 Å². The lowest BCUT2D eigenvalue weighted by molar-refractivity contribution is 0.302. The van der Waals surface area contributed by atoms with Crippen LogP contribution in [0, 0.1) is 13.8 Å². The van der Waals surface area contributed by atoms with E-state index in [9.17, 15) is 0 Å². The number of benzene rings is 1. The summed E-state index contributed by atoms with van der Waals surface area (Å²) in [5, 5.41) is 1.86. The monoisotopic (exact) mass is 314 g/mol. The molecule has 0 atom stereocenters. The van der Waals surface area contributed by atoms with Crippen molar-refractivity contribution in [1.82, 2.24) is 9.55 Å². The summed E-state index contributed by atoms with van der Waals surface area (Å²) in [4.78, 5) is 4.53. The maximum Gasteiger partial charge on any atom is 0.138 e. The van der Waals surface area contributed by atoms with Gasteiger partial charge in [0.25, 0.3) is 0 Å². The highest BCUT2D eigenvalue weighted by Crippen LogP contribution is 2.29. The number of hydrogen-bond donors (Lipinski definition) is 0. The SMILES string of the molecule is CCn1c(C)c(C)c2ccnc(COc3ccccc3Cl)c21. The first-order chi connectivity index (χ1) is 10.6. The van der Waals surface area contributed by atoms with Crippen molar-refractivity contribution in [1.29, 1.82) is 0 Å². The minimum Gasteiger partial charge on any atom is -0.486 e. The molecule has 0 amide bonds. The van der Waals surface area contributed by atoms with Gasteiger partial charge in [-0.25, -0.2) is 0 Å². The molecule has 0 saturated heterocycles. The molecule has 0 saturated carbocycles. The second-order valence-corrected chi connectivity index (χ2v) is 5.73. The Bertz CT molecular complexity index is 823. The van der Waals surface area contributed by atoms with E-state index in [-0.39, 0.29) is 0 Å². The largest absolute Gasteiger partial charge is 0.486 e. The molecule has 0 N–H and O–H groups in total. The van der Waals surface area contributed by atoms with E-state index in [0.717, 1.165) is 17.8 Å². The zero-order chi connectivity index (χ0) is 15.7. The van der Waals surface area contributed by atoms with Crippen molar-refractivity contribution in [2.75, 3.05) is 0 Å². The standard InChI is InChI=1S/C18H19ClN2O/c1-4-21-13(3)12(2)14-9-10-20-16(18(14)21)11-22-17-8-6-5-7-15(17)19/h5-10H,4,11H2,1-3H3. The van der Waals surface area contributed by atoms with Crippen LogP contribution < -0.4 is 4.74 Å². The number of aromatic nitrogens is 2. The molecule has 3 aromatic rings. The fourth-order valence-corrected chi connectivity index (χ4v) is 3.07. The van der Waals surface area contributed by atoms with Gasteiger partial charge in [0.05, 0.1) is 10.5 Å². The Morgan fingerprint density at radius 1 is 1.18 bits per heavy atom. The van der Waals surface area contributed by atoms with Crippen molar-refractivity contribution in [3.63, 3.8) is 0 Å². The van der Waals surface area contributed by atoms with Gasteiger partial charge in [-0.15, -0.1) is 0 Å². The Labute approximate surface area is 135 Å².